The molecule has 2 unspecified atom stereocenters. The highest BCUT2D eigenvalue weighted by Gasteiger charge is 2.32. The summed E-state index contributed by atoms with van der Waals surface area (Å²) >= 11 is 0. The van der Waals surface area contributed by atoms with Crippen molar-refractivity contribution in [3.63, 3.8) is 0 Å². The van der Waals surface area contributed by atoms with Gasteiger partial charge in [-0.2, -0.15) is 0 Å². The predicted octanol–water partition coefficient (Wildman–Crippen LogP) is 2.22. The fourth-order valence-corrected chi connectivity index (χ4v) is 3.70. The normalized spacial score (nSPS) is 24.4. The maximum Gasteiger partial charge on any atom is 0.229 e. The van der Waals surface area contributed by atoms with Crippen LogP contribution in [0.3, 0.4) is 0 Å². The summed E-state index contributed by atoms with van der Waals surface area (Å²) in [5.74, 6) is -0.284. The minimum atomic E-state index is -0.180. The van der Waals surface area contributed by atoms with Crippen LogP contribution in [0.25, 0.3) is 0 Å². The van der Waals surface area contributed by atoms with Gasteiger partial charge in [-0.1, -0.05) is 12.1 Å². The van der Waals surface area contributed by atoms with E-state index in [1.165, 1.54) is 0 Å². The third-order valence-electron chi connectivity index (χ3n) is 5.06. The number of hydrogen-bond donors (Lipinski definition) is 1. The number of nitrogens with zero attached hydrogens (tertiary/aromatic N) is 1. The molecule has 1 N–H and O–H groups in total. The van der Waals surface area contributed by atoms with Crippen LogP contribution in [0.1, 0.15) is 48.0 Å². The Balaban J connectivity index is 1.70. The van der Waals surface area contributed by atoms with Crippen molar-refractivity contribution in [1.82, 2.24) is 5.32 Å². The molecule has 0 bridgehead atoms. The van der Waals surface area contributed by atoms with E-state index in [-0.39, 0.29) is 29.6 Å². The van der Waals surface area contributed by atoms with E-state index in [1.807, 2.05) is 32.2 Å². The molecule has 23 heavy (non-hydrogen) atoms. The van der Waals surface area contributed by atoms with Gasteiger partial charge in [0.1, 0.15) is 0 Å². The van der Waals surface area contributed by atoms with Crippen LogP contribution in [-0.2, 0) is 9.59 Å². The molecule has 1 aromatic carbocycles. The van der Waals surface area contributed by atoms with Crippen molar-refractivity contribution in [2.45, 2.75) is 45.1 Å². The van der Waals surface area contributed by atoms with Gasteiger partial charge in [0.25, 0.3) is 0 Å². The molecule has 0 aliphatic carbocycles. The molecule has 2 heterocycles. The van der Waals surface area contributed by atoms with Gasteiger partial charge in [0.15, 0.2) is 5.78 Å². The number of para-hydroxylation sites is 1. The molecule has 5 heteroatoms. The molecular weight excluding hydrogens is 292 g/mol. The van der Waals surface area contributed by atoms with Crippen molar-refractivity contribution in [2.24, 2.45) is 5.92 Å². The number of rotatable bonds is 3. The Bertz CT molecular complexity index is 668. The summed E-state index contributed by atoms with van der Waals surface area (Å²) in [4.78, 5) is 37.7. The van der Waals surface area contributed by atoms with Gasteiger partial charge in [-0.3, -0.25) is 19.7 Å². The number of Topliss-reactive ketones (excluding diaryl/α,β-unsaturated/α-hetero) is 1. The molecule has 0 radical (unpaired) electrons. The summed E-state index contributed by atoms with van der Waals surface area (Å²) < 4.78 is 0. The lowest BCUT2D eigenvalue weighted by atomic mass is 9.86. The summed E-state index contributed by atoms with van der Waals surface area (Å²) in [6.07, 6.45) is 3.01. The van der Waals surface area contributed by atoms with Crippen LogP contribution < -0.4 is 10.2 Å². The molecule has 1 saturated heterocycles. The Hall–Kier alpha value is -2.17. The maximum atomic E-state index is 12.4. The van der Waals surface area contributed by atoms with Gasteiger partial charge in [-0.15, -0.1) is 0 Å². The highest BCUT2D eigenvalue weighted by molar-refractivity contribution is 6.04. The van der Waals surface area contributed by atoms with Crippen LogP contribution >= 0.6 is 0 Å². The first-order valence-electron chi connectivity index (χ1n) is 8.16. The molecule has 2 aliphatic rings. The largest absolute Gasteiger partial charge is 0.370 e. The Morgan fingerprint density at radius 1 is 1.22 bits per heavy atom. The SMILES string of the molecule is Cc1cccc2c1N(C)C(CCC1CCC(=O)NC1=O)CC2=O. The molecule has 3 rings (SSSR count). The molecule has 0 aromatic heterocycles. The summed E-state index contributed by atoms with van der Waals surface area (Å²) in [5, 5.41) is 2.40. The van der Waals surface area contributed by atoms with E-state index in [2.05, 4.69) is 10.2 Å². The quantitative estimate of drug-likeness (QED) is 0.869. The zero-order chi connectivity index (χ0) is 16.6. The maximum absolute atomic E-state index is 12.4. The van der Waals surface area contributed by atoms with Crippen molar-refractivity contribution in [2.75, 3.05) is 11.9 Å². The third-order valence-corrected chi connectivity index (χ3v) is 5.06. The molecule has 5 nitrogen and oxygen atoms in total. The molecular formula is C18H22N2O3. The van der Waals surface area contributed by atoms with Gasteiger partial charge in [-0.05, 0) is 37.8 Å². The van der Waals surface area contributed by atoms with Gasteiger partial charge in [0, 0.05) is 37.4 Å². The van der Waals surface area contributed by atoms with Crippen LogP contribution in [0.2, 0.25) is 0 Å². The van der Waals surface area contributed by atoms with Crippen molar-refractivity contribution in [3.05, 3.63) is 29.3 Å². The zero-order valence-electron chi connectivity index (χ0n) is 13.6. The number of benzene rings is 1. The van der Waals surface area contributed by atoms with E-state index in [0.29, 0.717) is 25.7 Å². The van der Waals surface area contributed by atoms with Crippen molar-refractivity contribution in [1.29, 1.82) is 0 Å². The fourth-order valence-electron chi connectivity index (χ4n) is 3.70. The topological polar surface area (TPSA) is 66.5 Å². The summed E-state index contributed by atoms with van der Waals surface area (Å²) in [6, 6.07) is 5.94. The van der Waals surface area contributed by atoms with Crippen molar-refractivity contribution >= 4 is 23.3 Å². The second-order valence-electron chi connectivity index (χ2n) is 6.59. The van der Waals surface area contributed by atoms with Crippen LogP contribution in [0, 0.1) is 12.8 Å². The minimum absolute atomic E-state index is 0.113. The van der Waals surface area contributed by atoms with E-state index in [9.17, 15) is 14.4 Å². The highest BCUT2D eigenvalue weighted by atomic mass is 16.2. The van der Waals surface area contributed by atoms with E-state index >= 15 is 0 Å². The minimum Gasteiger partial charge on any atom is -0.370 e. The molecule has 122 valence electrons. The number of aryl methyl sites for hydroxylation is 1. The number of nitrogens with one attached hydrogen (secondary N) is 1. The Morgan fingerprint density at radius 2 is 2.00 bits per heavy atom. The number of carbonyl (C=O) groups excluding carboxylic acids is 3. The Morgan fingerprint density at radius 3 is 2.74 bits per heavy atom. The average Bonchev–Trinajstić information content (AvgIpc) is 2.50. The van der Waals surface area contributed by atoms with Gasteiger partial charge in [-0.25, -0.2) is 0 Å². The number of amides is 2. The Kier molecular flexibility index (Phi) is 4.20. The molecule has 1 aromatic rings. The molecule has 0 spiro atoms. The van der Waals surface area contributed by atoms with Gasteiger partial charge >= 0.3 is 0 Å². The first kappa shape index (κ1) is 15.7. The van der Waals surface area contributed by atoms with Crippen LogP contribution in [0.15, 0.2) is 18.2 Å². The number of anilines is 1. The lowest BCUT2D eigenvalue weighted by Gasteiger charge is -2.37. The lowest BCUT2D eigenvalue weighted by molar-refractivity contribution is -0.136. The number of carbonyl (C=O) groups is 3. The first-order valence-corrected chi connectivity index (χ1v) is 8.16. The van der Waals surface area contributed by atoms with E-state index in [4.69, 9.17) is 0 Å². The first-order chi connectivity index (χ1) is 11.0. The van der Waals surface area contributed by atoms with E-state index in [1.54, 1.807) is 0 Å². The smallest absolute Gasteiger partial charge is 0.229 e. The predicted molar refractivity (Wildman–Crippen MR) is 87.4 cm³/mol. The summed E-state index contributed by atoms with van der Waals surface area (Å²) in [7, 11) is 2.02. The molecule has 0 saturated carbocycles. The number of piperidine rings is 1. The highest BCUT2D eigenvalue weighted by Crippen LogP contribution is 2.34. The molecule has 2 amide bonds. The number of imide groups is 1. The standard InChI is InChI=1S/C18H22N2O3/c1-11-4-3-5-14-15(21)10-13(20(2)17(11)14)8-6-12-7-9-16(22)19-18(12)23/h3-5,12-13H,6-10H2,1-2H3,(H,19,22,23). The van der Waals surface area contributed by atoms with Gasteiger partial charge in [0.2, 0.25) is 11.8 Å². The number of fused-ring (bicyclic) bond motifs is 1. The van der Waals surface area contributed by atoms with Gasteiger partial charge in [0.05, 0.1) is 5.69 Å². The summed E-state index contributed by atoms with van der Waals surface area (Å²) in [5.41, 5.74) is 2.91. The molecule has 2 aliphatic heterocycles. The lowest BCUT2D eigenvalue weighted by Crippen LogP contribution is -2.43. The third kappa shape index (κ3) is 3.00. The fraction of sp³-hybridized carbons (Fsp3) is 0.500. The van der Waals surface area contributed by atoms with Crippen LogP contribution in [0.4, 0.5) is 5.69 Å². The van der Waals surface area contributed by atoms with Crippen LogP contribution in [-0.4, -0.2) is 30.7 Å². The molecule has 2 atom stereocenters. The average molecular weight is 314 g/mol. The summed E-state index contributed by atoms with van der Waals surface area (Å²) in [6.45, 7) is 2.02. The second kappa shape index (κ2) is 6.14. The zero-order valence-corrected chi connectivity index (χ0v) is 13.6. The van der Waals surface area contributed by atoms with Crippen molar-refractivity contribution in [3.8, 4) is 0 Å². The van der Waals surface area contributed by atoms with E-state index in [0.717, 1.165) is 23.2 Å². The molecule has 1 fully saturated rings. The van der Waals surface area contributed by atoms with Gasteiger partial charge < -0.3 is 4.90 Å². The number of hydrogen-bond acceptors (Lipinski definition) is 4. The van der Waals surface area contributed by atoms with E-state index < -0.39 is 0 Å². The Labute approximate surface area is 136 Å². The monoisotopic (exact) mass is 314 g/mol. The van der Waals surface area contributed by atoms with Crippen molar-refractivity contribution < 1.29 is 14.4 Å². The van der Waals surface area contributed by atoms with Crippen LogP contribution in [0.5, 0.6) is 0 Å². The second-order valence-corrected chi connectivity index (χ2v) is 6.59. The number of ketones is 1.